The zero-order valence-corrected chi connectivity index (χ0v) is 46.1. The summed E-state index contributed by atoms with van der Waals surface area (Å²) in [6.45, 7) is 17.5. The highest BCUT2D eigenvalue weighted by Crippen LogP contribution is 2.61. The average molecular weight is 991 g/mol. The Hall–Kier alpha value is -5.66. The molecule has 6 aromatic carbocycles. The molecule has 4 aliphatic carbocycles. The Morgan fingerprint density at radius 2 is 0.708 bits per heavy atom. The van der Waals surface area contributed by atoms with E-state index < -0.39 is 0 Å². The molecule has 0 heterocycles. The molecule has 370 valence electrons. The molecule has 0 aromatic heterocycles. The number of benzene rings is 6. The van der Waals surface area contributed by atoms with E-state index in [1.807, 2.05) is 0 Å². The molecule has 72 heavy (non-hydrogen) atoms. The van der Waals surface area contributed by atoms with E-state index in [-0.39, 0.29) is 17.6 Å². The summed E-state index contributed by atoms with van der Waals surface area (Å²) in [7, 11) is 3.71. The van der Waals surface area contributed by atoms with Crippen molar-refractivity contribution in [3.8, 4) is 45.3 Å². The Morgan fingerprint density at radius 3 is 1.06 bits per heavy atom. The molecule has 0 radical (unpaired) electrons. The predicted octanol–water partition coefficient (Wildman–Crippen LogP) is 18.5. The van der Waals surface area contributed by atoms with Gasteiger partial charge < -0.3 is 18.5 Å². The van der Waals surface area contributed by atoms with Crippen LogP contribution in [0.25, 0.3) is 33.4 Å². The molecule has 2 fully saturated rings. The highest BCUT2D eigenvalue weighted by Gasteiger charge is 2.43. The van der Waals surface area contributed by atoms with Gasteiger partial charge in [-0.05, 0) is 207 Å². The van der Waals surface area contributed by atoms with Crippen molar-refractivity contribution in [2.45, 2.75) is 107 Å². The molecule has 0 bridgehead atoms. The molecule has 10 rings (SSSR count). The lowest BCUT2D eigenvalue weighted by molar-refractivity contribution is 0.293. The molecule has 0 spiro atoms. The van der Waals surface area contributed by atoms with E-state index in [1.165, 1.54) is 105 Å². The quantitative estimate of drug-likeness (QED) is 0.108. The standard InChI is InChI=1S/C66H72O4P2/c1-39-29-43(5)61(67-9)55(33-39)57-35-41(3)31-45(7)63(57)69-71-65-53(47-21-13-11-14-22-47)37-49-25-17-19-27-51(49)59(65)60-52-28-20-18-26-50(52)38-54(48-23-15-12-16-24-48)66(60)72-70-64-46(8)32-42(4)36-58(64)56-34-40(2)30-44(6)62(56)68-10/h11-16,21-24,29-38,49-52,71-72H,17-20,25-28H2,1-10H3. The Morgan fingerprint density at radius 1 is 0.389 bits per heavy atom. The fourth-order valence-corrected chi connectivity index (χ4v) is 15.4. The fraction of sp³-hybridized carbons (Fsp3) is 0.333. The molecule has 0 aliphatic heterocycles. The van der Waals surface area contributed by atoms with E-state index in [4.69, 9.17) is 18.5 Å². The summed E-state index contributed by atoms with van der Waals surface area (Å²) < 4.78 is 27.5. The summed E-state index contributed by atoms with van der Waals surface area (Å²) in [6.07, 6.45) is 15.0. The van der Waals surface area contributed by atoms with Gasteiger partial charge in [0, 0.05) is 32.9 Å². The second-order valence-corrected chi connectivity index (χ2v) is 23.0. The summed E-state index contributed by atoms with van der Waals surface area (Å²) in [5.74, 6) is 5.27. The minimum atomic E-state index is 0.0619. The molecule has 6 heteroatoms. The van der Waals surface area contributed by atoms with E-state index in [0.29, 0.717) is 23.7 Å². The number of hydrogen-bond acceptors (Lipinski definition) is 4. The van der Waals surface area contributed by atoms with Gasteiger partial charge in [0.15, 0.2) is 0 Å². The smallest absolute Gasteiger partial charge is 0.134 e. The van der Waals surface area contributed by atoms with Crippen LogP contribution in [0.4, 0.5) is 0 Å². The molecule has 4 nitrogen and oxygen atoms in total. The molecule has 2 saturated carbocycles. The van der Waals surface area contributed by atoms with Crippen LogP contribution in [-0.4, -0.2) is 14.2 Å². The van der Waals surface area contributed by atoms with Crippen molar-refractivity contribution in [1.82, 2.24) is 0 Å². The van der Waals surface area contributed by atoms with Gasteiger partial charge >= 0.3 is 0 Å². The second kappa shape index (κ2) is 21.4. The van der Waals surface area contributed by atoms with Crippen LogP contribution in [0.3, 0.4) is 0 Å². The number of allylic oxidation sites excluding steroid dienone is 8. The number of rotatable bonds is 13. The maximum absolute atomic E-state index is 7.59. The van der Waals surface area contributed by atoms with Crippen molar-refractivity contribution in [3.63, 3.8) is 0 Å². The van der Waals surface area contributed by atoms with Crippen molar-refractivity contribution in [1.29, 1.82) is 0 Å². The minimum Gasteiger partial charge on any atom is -0.496 e. The monoisotopic (exact) mass is 990 g/mol. The van der Waals surface area contributed by atoms with Crippen molar-refractivity contribution < 1.29 is 18.5 Å². The second-order valence-electron chi connectivity index (χ2n) is 21.2. The van der Waals surface area contributed by atoms with Crippen LogP contribution in [-0.2, 0) is 0 Å². The van der Waals surface area contributed by atoms with E-state index >= 15 is 0 Å². The largest absolute Gasteiger partial charge is 0.496 e. The molecule has 0 amide bonds. The third kappa shape index (κ3) is 9.79. The Bertz CT molecular complexity index is 2940. The zero-order valence-electron chi connectivity index (χ0n) is 44.1. The lowest BCUT2D eigenvalue weighted by atomic mass is 9.62. The average Bonchev–Trinajstić information content (AvgIpc) is 3.37. The van der Waals surface area contributed by atoms with Gasteiger partial charge in [0.2, 0.25) is 0 Å². The van der Waals surface area contributed by atoms with Crippen molar-refractivity contribution in [3.05, 3.63) is 199 Å². The lowest BCUT2D eigenvalue weighted by Gasteiger charge is -2.45. The highest BCUT2D eigenvalue weighted by atomic mass is 31.1. The van der Waals surface area contributed by atoms with Crippen LogP contribution in [0.15, 0.2) is 143 Å². The van der Waals surface area contributed by atoms with Crippen molar-refractivity contribution in [2.24, 2.45) is 23.7 Å². The minimum absolute atomic E-state index is 0.0619. The molecular formula is C66H72O4P2. The fourth-order valence-electron chi connectivity index (χ4n) is 12.9. The number of ether oxygens (including phenoxy) is 2. The van der Waals surface area contributed by atoms with Crippen LogP contribution >= 0.6 is 17.6 Å². The van der Waals surface area contributed by atoms with E-state index in [9.17, 15) is 0 Å². The molecule has 0 saturated heterocycles. The van der Waals surface area contributed by atoms with Crippen LogP contribution in [0.5, 0.6) is 23.0 Å². The van der Waals surface area contributed by atoms with Crippen LogP contribution < -0.4 is 18.5 Å². The first-order valence-electron chi connectivity index (χ1n) is 26.4. The topological polar surface area (TPSA) is 36.9 Å². The Balaban J connectivity index is 1.23. The van der Waals surface area contributed by atoms with E-state index in [2.05, 4.69) is 177 Å². The van der Waals surface area contributed by atoms with Crippen molar-refractivity contribution in [2.75, 3.05) is 14.2 Å². The summed E-state index contributed by atoms with van der Waals surface area (Å²) in [5.41, 5.74) is 21.9. The summed E-state index contributed by atoms with van der Waals surface area (Å²) >= 11 is 0. The molecule has 0 N–H and O–H groups in total. The lowest BCUT2D eigenvalue weighted by Crippen LogP contribution is -2.32. The van der Waals surface area contributed by atoms with Gasteiger partial charge in [-0.15, -0.1) is 0 Å². The SMILES string of the molecule is COc1c(C)cc(C)cc1-c1cc(C)cc(C)c1OPC1=C(C2=C(POc3c(C)cc(C)cc3-c3cc(C)cc(C)c3OC)C(c3ccccc3)=CC3CCCCC23)C2CCCCC2C=C1c1ccccc1. The van der Waals surface area contributed by atoms with Gasteiger partial charge in [0.1, 0.15) is 40.6 Å². The number of fused-ring (bicyclic) bond motifs is 2. The van der Waals surface area contributed by atoms with Crippen LogP contribution in [0, 0.1) is 79.1 Å². The first-order valence-corrected chi connectivity index (χ1v) is 28.2. The zero-order chi connectivity index (χ0) is 50.2. The molecule has 6 unspecified atom stereocenters. The normalized spacial score (nSPS) is 20.1. The third-order valence-electron chi connectivity index (χ3n) is 15.9. The number of methoxy groups -OCH3 is 2. The highest BCUT2D eigenvalue weighted by molar-refractivity contribution is 7.40. The molecule has 4 aliphatic rings. The van der Waals surface area contributed by atoms with Gasteiger partial charge in [-0.1, -0.05) is 123 Å². The molecular weight excluding hydrogens is 919 g/mol. The third-order valence-corrected chi connectivity index (χ3v) is 18.0. The Kier molecular flexibility index (Phi) is 14.9. The predicted molar refractivity (Wildman–Crippen MR) is 306 cm³/mol. The van der Waals surface area contributed by atoms with Gasteiger partial charge in [-0.3, -0.25) is 0 Å². The summed E-state index contributed by atoms with van der Waals surface area (Å²) in [4.78, 5) is 0. The maximum atomic E-state index is 7.59. The van der Waals surface area contributed by atoms with Gasteiger partial charge in [-0.25, -0.2) is 0 Å². The van der Waals surface area contributed by atoms with Crippen molar-refractivity contribution >= 4 is 28.8 Å². The van der Waals surface area contributed by atoms with Crippen LogP contribution in [0.2, 0.25) is 0 Å². The Labute approximate surface area is 433 Å². The van der Waals surface area contributed by atoms with E-state index in [0.717, 1.165) is 80.3 Å². The first-order chi connectivity index (χ1) is 34.9. The van der Waals surface area contributed by atoms with Gasteiger partial charge in [-0.2, -0.15) is 0 Å². The molecule has 6 atom stereocenters. The van der Waals surface area contributed by atoms with E-state index in [1.54, 1.807) is 14.2 Å². The maximum Gasteiger partial charge on any atom is 0.134 e. The van der Waals surface area contributed by atoms with Gasteiger partial charge in [0.25, 0.3) is 0 Å². The molecule has 6 aromatic rings. The number of hydrogen-bond donors (Lipinski definition) is 0. The number of aryl methyl sites for hydroxylation is 8. The summed E-state index contributed by atoms with van der Waals surface area (Å²) in [6, 6.07) is 40.5. The summed E-state index contributed by atoms with van der Waals surface area (Å²) in [5, 5.41) is 2.71. The van der Waals surface area contributed by atoms with Gasteiger partial charge in [0.05, 0.1) is 14.2 Å². The first kappa shape index (κ1) is 49.9. The van der Waals surface area contributed by atoms with Crippen LogP contribution in [0.1, 0.15) is 107 Å².